The van der Waals surface area contributed by atoms with Crippen LogP contribution in [0.4, 0.5) is 16.0 Å². The molecule has 0 atom stereocenters. The first-order valence-electron chi connectivity index (χ1n) is 4.34. The molecular weight excluding hydrogens is 345 g/mol. The topological polar surface area (TPSA) is 42.7 Å². The van der Waals surface area contributed by atoms with E-state index in [0.29, 0.717) is 14.4 Å². The molecule has 0 aromatic carbocycles. The van der Waals surface area contributed by atoms with Crippen LogP contribution in [0.1, 0.15) is 0 Å². The molecule has 0 aliphatic heterocycles. The molecule has 1 N–H and O–H groups in total. The Morgan fingerprint density at radius 1 is 1.56 bits per heavy atom. The van der Waals surface area contributed by atoms with Gasteiger partial charge in [0.2, 0.25) is 0 Å². The Kier molecular flexibility index (Phi) is 3.29. The minimum absolute atomic E-state index is 0.136. The van der Waals surface area contributed by atoms with Crippen molar-refractivity contribution in [3.05, 3.63) is 32.9 Å². The van der Waals surface area contributed by atoms with Gasteiger partial charge < -0.3 is 5.32 Å². The third kappa shape index (κ3) is 2.12. The summed E-state index contributed by atoms with van der Waals surface area (Å²) in [5.74, 6) is 0.330. The van der Waals surface area contributed by atoms with Crippen LogP contribution < -0.4 is 5.32 Å². The van der Waals surface area contributed by atoms with Gasteiger partial charge in [0.05, 0.1) is 14.8 Å². The van der Waals surface area contributed by atoms with Gasteiger partial charge in [-0.1, -0.05) is 11.6 Å². The molecule has 16 heavy (non-hydrogen) atoms. The molecule has 0 saturated carbocycles. The average molecular weight is 353 g/mol. The zero-order chi connectivity index (χ0) is 11.7. The van der Waals surface area contributed by atoms with Crippen molar-refractivity contribution in [2.45, 2.75) is 0 Å². The lowest BCUT2D eigenvalue weighted by atomic mass is 10.4. The number of rotatable bonds is 2. The van der Waals surface area contributed by atoms with Crippen molar-refractivity contribution in [3.63, 3.8) is 0 Å². The van der Waals surface area contributed by atoms with Crippen LogP contribution in [-0.4, -0.2) is 14.8 Å². The summed E-state index contributed by atoms with van der Waals surface area (Å²) in [6.45, 7) is 0. The molecule has 0 radical (unpaired) electrons. The van der Waals surface area contributed by atoms with E-state index < -0.39 is 5.82 Å². The highest BCUT2D eigenvalue weighted by molar-refractivity contribution is 14.1. The van der Waals surface area contributed by atoms with Gasteiger partial charge in [0, 0.05) is 19.3 Å². The summed E-state index contributed by atoms with van der Waals surface area (Å²) in [5, 5.41) is 7.10. The molecule has 4 nitrogen and oxygen atoms in total. The fourth-order valence-corrected chi connectivity index (χ4v) is 1.67. The van der Waals surface area contributed by atoms with Crippen LogP contribution in [-0.2, 0) is 7.05 Å². The van der Waals surface area contributed by atoms with Crippen LogP contribution in [0, 0.1) is 9.39 Å². The van der Waals surface area contributed by atoms with Crippen LogP contribution in [0.5, 0.6) is 0 Å². The van der Waals surface area contributed by atoms with E-state index in [0.717, 1.165) is 0 Å². The molecule has 0 fully saturated rings. The van der Waals surface area contributed by atoms with Gasteiger partial charge in [0.15, 0.2) is 11.6 Å². The number of aryl methyl sites for hydroxylation is 1. The molecule has 0 aliphatic carbocycles. The van der Waals surface area contributed by atoms with Gasteiger partial charge in [-0.2, -0.15) is 5.10 Å². The summed E-state index contributed by atoms with van der Waals surface area (Å²) in [6, 6.07) is 1.72. The Morgan fingerprint density at radius 3 is 2.94 bits per heavy atom. The number of nitrogens with one attached hydrogen (secondary N) is 1. The molecule has 2 heterocycles. The van der Waals surface area contributed by atoms with Gasteiger partial charge in [-0.05, 0) is 22.6 Å². The van der Waals surface area contributed by atoms with E-state index in [1.807, 2.05) is 22.6 Å². The highest BCUT2D eigenvalue weighted by Crippen LogP contribution is 2.26. The minimum Gasteiger partial charge on any atom is -0.323 e. The Morgan fingerprint density at radius 2 is 2.31 bits per heavy atom. The smallest absolute Gasteiger partial charge is 0.180 e. The SMILES string of the molecule is Cn1nccc1Nc1ncc(Cl)c(I)c1F. The van der Waals surface area contributed by atoms with Gasteiger partial charge >= 0.3 is 0 Å². The van der Waals surface area contributed by atoms with Crippen LogP contribution in [0.25, 0.3) is 0 Å². The molecule has 84 valence electrons. The van der Waals surface area contributed by atoms with Crippen LogP contribution >= 0.6 is 34.2 Å². The minimum atomic E-state index is -0.464. The normalized spacial score (nSPS) is 10.5. The molecule has 0 amide bonds. The third-order valence-corrected chi connectivity index (χ3v) is 3.64. The maximum Gasteiger partial charge on any atom is 0.180 e. The van der Waals surface area contributed by atoms with E-state index in [1.165, 1.54) is 6.20 Å². The third-order valence-electron chi connectivity index (χ3n) is 1.98. The van der Waals surface area contributed by atoms with Crippen molar-refractivity contribution < 1.29 is 4.39 Å². The lowest BCUT2D eigenvalue weighted by Crippen LogP contribution is -2.03. The lowest BCUT2D eigenvalue weighted by molar-refractivity contribution is 0.618. The van der Waals surface area contributed by atoms with Gasteiger partial charge in [0.1, 0.15) is 5.82 Å². The highest BCUT2D eigenvalue weighted by atomic mass is 127. The fourth-order valence-electron chi connectivity index (χ4n) is 1.15. The van der Waals surface area contributed by atoms with E-state index in [4.69, 9.17) is 11.6 Å². The second-order valence-corrected chi connectivity index (χ2v) is 4.53. The maximum absolute atomic E-state index is 13.7. The maximum atomic E-state index is 13.7. The Bertz CT molecular complexity index is 528. The van der Waals surface area contributed by atoms with Crippen molar-refractivity contribution >= 4 is 45.8 Å². The quantitative estimate of drug-likeness (QED) is 0.845. The molecule has 0 saturated heterocycles. The summed E-state index contributed by atoms with van der Waals surface area (Å²) in [4.78, 5) is 3.89. The van der Waals surface area contributed by atoms with Gasteiger partial charge in [-0.3, -0.25) is 4.68 Å². The first-order valence-corrected chi connectivity index (χ1v) is 5.80. The average Bonchev–Trinajstić information content (AvgIpc) is 2.65. The van der Waals surface area contributed by atoms with Gasteiger partial charge in [0.25, 0.3) is 0 Å². The van der Waals surface area contributed by atoms with E-state index in [-0.39, 0.29) is 5.82 Å². The van der Waals surface area contributed by atoms with Gasteiger partial charge in [-0.15, -0.1) is 0 Å². The zero-order valence-corrected chi connectivity index (χ0v) is 11.1. The monoisotopic (exact) mass is 352 g/mol. The number of nitrogens with zero attached hydrogens (tertiary/aromatic N) is 3. The molecule has 0 bridgehead atoms. The lowest BCUT2D eigenvalue weighted by Gasteiger charge is -2.08. The van der Waals surface area contributed by atoms with Gasteiger partial charge in [-0.25, -0.2) is 9.37 Å². The number of hydrogen-bond acceptors (Lipinski definition) is 3. The van der Waals surface area contributed by atoms with Crippen LogP contribution in [0.3, 0.4) is 0 Å². The molecule has 2 aromatic heterocycles. The van der Waals surface area contributed by atoms with E-state index in [9.17, 15) is 4.39 Å². The summed E-state index contributed by atoms with van der Waals surface area (Å²) < 4.78 is 15.7. The second-order valence-electron chi connectivity index (χ2n) is 3.05. The van der Waals surface area contributed by atoms with Crippen molar-refractivity contribution in [1.29, 1.82) is 0 Å². The first kappa shape index (κ1) is 11.6. The molecule has 0 aliphatic rings. The number of aromatic nitrogens is 3. The van der Waals surface area contributed by atoms with Crippen molar-refractivity contribution in [2.24, 2.45) is 7.05 Å². The Balaban J connectivity index is 2.36. The van der Waals surface area contributed by atoms with Crippen molar-refractivity contribution in [3.8, 4) is 0 Å². The van der Waals surface area contributed by atoms with E-state index >= 15 is 0 Å². The van der Waals surface area contributed by atoms with Crippen molar-refractivity contribution in [2.75, 3.05) is 5.32 Å². The number of halogens is 3. The first-order chi connectivity index (χ1) is 7.59. The molecule has 2 rings (SSSR count). The molecular formula is C9H7ClFIN4. The largest absolute Gasteiger partial charge is 0.323 e. The molecule has 0 unspecified atom stereocenters. The summed E-state index contributed by atoms with van der Waals surface area (Å²) in [5.41, 5.74) is 0. The molecule has 0 spiro atoms. The van der Waals surface area contributed by atoms with E-state index in [2.05, 4.69) is 15.4 Å². The van der Waals surface area contributed by atoms with Crippen molar-refractivity contribution in [1.82, 2.24) is 14.8 Å². The Labute approximate surface area is 110 Å². The fraction of sp³-hybridized carbons (Fsp3) is 0.111. The number of hydrogen-bond donors (Lipinski definition) is 1. The highest BCUT2D eigenvalue weighted by Gasteiger charge is 2.12. The number of anilines is 2. The summed E-state index contributed by atoms with van der Waals surface area (Å²) in [6.07, 6.45) is 3.02. The number of pyridine rings is 1. The predicted molar refractivity (Wildman–Crippen MR) is 68.4 cm³/mol. The second kappa shape index (κ2) is 4.54. The molecule has 2 aromatic rings. The predicted octanol–water partition coefficient (Wildman–Crippen LogP) is 2.96. The molecule has 7 heteroatoms. The van der Waals surface area contributed by atoms with E-state index in [1.54, 1.807) is 24.0 Å². The summed E-state index contributed by atoms with van der Waals surface area (Å²) >= 11 is 7.58. The Hall–Kier alpha value is -0.890. The van der Waals surface area contributed by atoms with Crippen LogP contribution in [0.15, 0.2) is 18.5 Å². The standard InChI is InChI=1S/C9H7ClFIN4/c1-16-6(2-3-14-16)15-9-7(11)8(12)5(10)4-13-9/h2-4H,1H3,(H,13,15). The summed E-state index contributed by atoms with van der Waals surface area (Å²) in [7, 11) is 1.75. The van der Waals surface area contributed by atoms with Crippen LogP contribution in [0.2, 0.25) is 5.02 Å². The zero-order valence-electron chi connectivity index (χ0n) is 8.21.